The highest BCUT2D eigenvalue weighted by molar-refractivity contribution is 5.90. The molecule has 0 spiro atoms. The van der Waals surface area contributed by atoms with Crippen molar-refractivity contribution in [2.45, 2.75) is 26.3 Å². The maximum atomic E-state index is 11.8. The van der Waals surface area contributed by atoms with Gasteiger partial charge in [0, 0.05) is 25.5 Å². The third-order valence-corrected chi connectivity index (χ3v) is 3.02. The number of hydrogen-bond acceptors (Lipinski definition) is 3. The lowest BCUT2D eigenvalue weighted by Crippen LogP contribution is -2.39. The molecule has 1 aromatic rings. The highest BCUT2D eigenvalue weighted by Gasteiger charge is 2.10. The summed E-state index contributed by atoms with van der Waals surface area (Å²) in [5, 5.41) is 14.6. The lowest BCUT2D eigenvalue weighted by molar-refractivity contribution is 0.222. The summed E-state index contributed by atoms with van der Waals surface area (Å²) in [7, 11) is 3.95. The van der Waals surface area contributed by atoms with E-state index in [1.54, 1.807) is 0 Å². The van der Waals surface area contributed by atoms with Crippen molar-refractivity contribution in [3.05, 3.63) is 23.8 Å². The van der Waals surface area contributed by atoms with Gasteiger partial charge in [-0.05, 0) is 37.1 Å². The van der Waals surface area contributed by atoms with Gasteiger partial charge in [-0.15, -0.1) is 0 Å². The van der Waals surface area contributed by atoms with Gasteiger partial charge in [0.05, 0.1) is 12.6 Å². The fourth-order valence-corrected chi connectivity index (χ4v) is 1.69. The molecular weight excluding hydrogens is 242 g/mol. The number of aryl methyl sites for hydroxylation is 1. The second kappa shape index (κ2) is 6.99. The topological polar surface area (TPSA) is 64.6 Å². The number of rotatable bonds is 5. The fourth-order valence-electron chi connectivity index (χ4n) is 1.69. The summed E-state index contributed by atoms with van der Waals surface area (Å²) in [5.41, 5.74) is 2.86. The van der Waals surface area contributed by atoms with E-state index >= 15 is 0 Å². The first-order chi connectivity index (χ1) is 8.97. The minimum Gasteiger partial charge on any atom is -0.394 e. The molecule has 0 aliphatic carbocycles. The molecular formula is C14H23N3O2. The number of hydrogen-bond donors (Lipinski definition) is 3. The van der Waals surface area contributed by atoms with E-state index in [2.05, 4.69) is 10.6 Å². The number of benzene rings is 1. The van der Waals surface area contributed by atoms with Gasteiger partial charge in [-0.3, -0.25) is 0 Å². The predicted octanol–water partition coefficient (Wildman–Crippen LogP) is 1.95. The van der Waals surface area contributed by atoms with Crippen molar-refractivity contribution in [3.8, 4) is 0 Å². The van der Waals surface area contributed by atoms with Crippen LogP contribution in [0.25, 0.3) is 0 Å². The smallest absolute Gasteiger partial charge is 0.319 e. The number of carbonyl (C=O) groups excluding carboxylic acids is 1. The van der Waals surface area contributed by atoms with Gasteiger partial charge >= 0.3 is 6.03 Å². The minimum absolute atomic E-state index is 0.0531. The van der Waals surface area contributed by atoms with Gasteiger partial charge in [-0.1, -0.05) is 6.92 Å². The van der Waals surface area contributed by atoms with Crippen LogP contribution in [-0.2, 0) is 0 Å². The second-order valence-electron chi connectivity index (χ2n) is 4.78. The standard InChI is InChI=1S/C14H23N3O2/c1-5-11(9-18)15-14(19)16-13-7-6-12(17(3)4)8-10(13)2/h6-8,11,18H,5,9H2,1-4H3,(H2,15,16,19). The predicted molar refractivity (Wildman–Crippen MR) is 78.8 cm³/mol. The molecule has 0 radical (unpaired) electrons. The van der Waals surface area contributed by atoms with Crippen molar-refractivity contribution >= 4 is 17.4 Å². The number of nitrogens with one attached hydrogen (secondary N) is 2. The van der Waals surface area contributed by atoms with Crippen molar-refractivity contribution in [1.29, 1.82) is 0 Å². The molecule has 1 rings (SSSR count). The van der Waals surface area contributed by atoms with Crippen LogP contribution < -0.4 is 15.5 Å². The molecule has 106 valence electrons. The van der Waals surface area contributed by atoms with E-state index in [1.807, 2.05) is 51.0 Å². The van der Waals surface area contributed by atoms with Crippen molar-refractivity contribution < 1.29 is 9.90 Å². The Morgan fingerprint density at radius 1 is 1.42 bits per heavy atom. The zero-order valence-corrected chi connectivity index (χ0v) is 12.0. The molecule has 2 amide bonds. The van der Waals surface area contributed by atoms with E-state index in [0.717, 1.165) is 16.9 Å². The van der Waals surface area contributed by atoms with E-state index in [9.17, 15) is 4.79 Å². The normalized spacial score (nSPS) is 11.8. The second-order valence-corrected chi connectivity index (χ2v) is 4.78. The summed E-state index contributed by atoms with van der Waals surface area (Å²) < 4.78 is 0. The van der Waals surface area contributed by atoms with Crippen LogP contribution in [0.15, 0.2) is 18.2 Å². The van der Waals surface area contributed by atoms with Crippen LogP contribution >= 0.6 is 0 Å². The quantitative estimate of drug-likeness (QED) is 0.762. The monoisotopic (exact) mass is 265 g/mol. The summed E-state index contributed by atoms with van der Waals surface area (Å²) in [6.45, 7) is 3.81. The van der Waals surface area contributed by atoms with Gasteiger partial charge in [0.25, 0.3) is 0 Å². The highest BCUT2D eigenvalue weighted by atomic mass is 16.3. The van der Waals surface area contributed by atoms with Crippen LogP contribution in [0.4, 0.5) is 16.2 Å². The zero-order valence-electron chi connectivity index (χ0n) is 12.0. The molecule has 0 bridgehead atoms. The van der Waals surface area contributed by atoms with E-state index in [4.69, 9.17) is 5.11 Å². The number of amides is 2. The van der Waals surface area contributed by atoms with Crippen LogP contribution in [0.2, 0.25) is 0 Å². The molecule has 1 atom stereocenters. The van der Waals surface area contributed by atoms with Gasteiger partial charge < -0.3 is 20.6 Å². The third-order valence-electron chi connectivity index (χ3n) is 3.02. The molecule has 5 nitrogen and oxygen atoms in total. The number of anilines is 2. The molecule has 0 saturated heterocycles. The van der Waals surface area contributed by atoms with Crippen LogP contribution in [0.5, 0.6) is 0 Å². The molecule has 0 aliphatic heterocycles. The van der Waals surface area contributed by atoms with Crippen LogP contribution in [0.1, 0.15) is 18.9 Å². The average Bonchev–Trinajstić information content (AvgIpc) is 2.38. The number of urea groups is 1. The highest BCUT2D eigenvalue weighted by Crippen LogP contribution is 2.21. The Morgan fingerprint density at radius 3 is 2.58 bits per heavy atom. The Morgan fingerprint density at radius 2 is 2.11 bits per heavy atom. The number of aliphatic hydroxyl groups is 1. The number of nitrogens with zero attached hydrogens (tertiary/aromatic N) is 1. The first kappa shape index (κ1) is 15.3. The molecule has 0 fully saturated rings. The van der Waals surface area contributed by atoms with Crippen LogP contribution in [-0.4, -0.2) is 37.9 Å². The van der Waals surface area contributed by atoms with Gasteiger partial charge in [0.15, 0.2) is 0 Å². The lowest BCUT2D eigenvalue weighted by Gasteiger charge is -2.17. The molecule has 5 heteroatoms. The zero-order chi connectivity index (χ0) is 14.4. The van der Waals surface area contributed by atoms with Gasteiger partial charge in [0.1, 0.15) is 0 Å². The van der Waals surface area contributed by atoms with E-state index in [0.29, 0.717) is 6.42 Å². The van der Waals surface area contributed by atoms with Gasteiger partial charge in [0.2, 0.25) is 0 Å². The largest absolute Gasteiger partial charge is 0.394 e. The fraction of sp³-hybridized carbons (Fsp3) is 0.500. The Balaban J connectivity index is 2.69. The van der Waals surface area contributed by atoms with Crippen molar-refractivity contribution in [2.24, 2.45) is 0 Å². The van der Waals surface area contributed by atoms with E-state index in [-0.39, 0.29) is 18.7 Å². The van der Waals surface area contributed by atoms with Gasteiger partial charge in [-0.2, -0.15) is 0 Å². The van der Waals surface area contributed by atoms with E-state index < -0.39 is 0 Å². The van der Waals surface area contributed by atoms with Gasteiger partial charge in [-0.25, -0.2) is 4.79 Å². The van der Waals surface area contributed by atoms with E-state index in [1.165, 1.54) is 0 Å². The Hall–Kier alpha value is -1.75. The summed E-state index contributed by atoms with van der Waals surface area (Å²) >= 11 is 0. The Labute approximate surface area is 114 Å². The summed E-state index contributed by atoms with van der Waals surface area (Å²) in [6.07, 6.45) is 0.697. The molecule has 19 heavy (non-hydrogen) atoms. The first-order valence-corrected chi connectivity index (χ1v) is 6.44. The molecule has 0 heterocycles. The molecule has 1 aromatic carbocycles. The third kappa shape index (κ3) is 4.44. The maximum Gasteiger partial charge on any atom is 0.319 e. The molecule has 0 aliphatic rings. The number of carbonyl (C=O) groups is 1. The van der Waals surface area contributed by atoms with Crippen molar-refractivity contribution in [2.75, 3.05) is 30.9 Å². The molecule has 0 aromatic heterocycles. The Bertz CT molecular complexity index is 429. The van der Waals surface area contributed by atoms with Crippen LogP contribution in [0.3, 0.4) is 0 Å². The molecule has 1 unspecified atom stereocenters. The van der Waals surface area contributed by atoms with Crippen LogP contribution in [0, 0.1) is 6.92 Å². The average molecular weight is 265 g/mol. The lowest BCUT2D eigenvalue weighted by atomic mass is 10.1. The summed E-state index contributed by atoms with van der Waals surface area (Å²) in [5.74, 6) is 0. The summed E-state index contributed by atoms with van der Waals surface area (Å²) in [4.78, 5) is 13.8. The minimum atomic E-state index is -0.290. The first-order valence-electron chi connectivity index (χ1n) is 6.44. The molecule has 3 N–H and O–H groups in total. The van der Waals surface area contributed by atoms with Crippen molar-refractivity contribution in [1.82, 2.24) is 5.32 Å². The SMILES string of the molecule is CCC(CO)NC(=O)Nc1ccc(N(C)C)cc1C. The molecule has 0 saturated carbocycles. The summed E-state index contributed by atoms with van der Waals surface area (Å²) in [6, 6.07) is 5.35. The Kier molecular flexibility index (Phi) is 5.63. The number of aliphatic hydroxyl groups excluding tert-OH is 1. The van der Waals surface area contributed by atoms with Crippen molar-refractivity contribution in [3.63, 3.8) is 0 Å². The maximum absolute atomic E-state index is 11.8.